The van der Waals surface area contributed by atoms with Crippen LogP contribution in [0.2, 0.25) is 0 Å². The average molecular weight is 305 g/mol. The number of hydrogen-bond donors (Lipinski definition) is 2. The fraction of sp³-hybridized carbons (Fsp3) is 0.500. The standard InChI is InChI=1S/C16H23N3O3/c1-2-22-14-6-4-3-5-13(14)18-11-15(20)19-9-7-12(8-10-19)16(17)21/h3-6,12,18H,2,7-11H2,1H3,(H2,17,21). The number of carbonyl (C=O) groups excluding carboxylic acids is 2. The Morgan fingerprint density at radius 3 is 2.64 bits per heavy atom. The molecular formula is C16H23N3O3. The highest BCUT2D eigenvalue weighted by atomic mass is 16.5. The summed E-state index contributed by atoms with van der Waals surface area (Å²) in [5, 5.41) is 3.12. The maximum Gasteiger partial charge on any atom is 0.241 e. The van der Waals surface area contributed by atoms with E-state index in [0.717, 1.165) is 11.4 Å². The lowest BCUT2D eigenvalue weighted by molar-refractivity contribution is -0.133. The van der Waals surface area contributed by atoms with Crippen LogP contribution in [0, 0.1) is 5.92 Å². The van der Waals surface area contributed by atoms with Gasteiger partial charge in [-0.05, 0) is 31.9 Å². The average Bonchev–Trinajstić information content (AvgIpc) is 2.54. The number of amides is 2. The second kappa shape index (κ2) is 7.68. The Labute approximate surface area is 130 Å². The minimum absolute atomic E-state index is 0.0224. The van der Waals surface area contributed by atoms with Gasteiger partial charge in [-0.1, -0.05) is 12.1 Å². The van der Waals surface area contributed by atoms with Crippen LogP contribution in [0.3, 0.4) is 0 Å². The summed E-state index contributed by atoms with van der Waals surface area (Å²) in [7, 11) is 0. The number of nitrogens with one attached hydrogen (secondary N) is 1. The molecule has 6 heteroatoms. The topological polar surface area (TPSA) is 84.7 Å². The van der Waals surface area contributed by atoms with Gasteiger partial charge in [0.15, 0.2) is 0 Å². The van der Waals surface area contributed by atoms with Crippen molar-refractivity contribution in [3.05, 3.63) is 24.3 Å². The van der Waals surface area contributed by atoms with Gasteiger partial charge >= 0.3 is 0 Å². The Morgan fingerprint density at radius 1 is 1.32 bits per heavy atom. The summed E-state index contributed by atoms with van der Waals surface area (Å²) in [4.78, 5) is 25.1. The molecule has 1 heterocycles. The summed E-state index contributed by atoms with van der Waals surface area (Å²) in [5.41, 5.74) is 6.11. The number of benzene rings is 1. The van der Waals surface area contributed by atoms with E-state index in [-0.39, 0.29) is 24.3 Å². The van der Waals surface area contributed by atoms with Crippen molar-refractivity contribution in [2.45, 2.75) is 19.8 Å². The number of primary amides is 1. The van der Waals surface area contributed by atoms with Gasteiger partial charge in [0.25, 0.3) is 0 Å². The van der Waals surface area contributed by atoms with Gasteiger partial charge in [-0.15, -0.1) is 0 Å². The monoisotopic (exact) mass is 305 g/mol. The highest BCUT2D eigenvalue weighted by Crippen LogP contribution is 2.23. The van der Waals surface area contributed by atoms with Crippen molar-refractivity contribution in [2.24, 2.45) is 11.7 Å². The van der Waals surface area contributed by atoms with E-state index in [1.807, 2.05) is 31.2 Å². The SMILES string of the molecule is CCOc1ccccc1NCC(=O)N1CCC(C(N)=O)CC1. The normalized spacial score (nSPS) is 15.4. The number of hydrogen-bond acceptors (Lipinski definition) is 4. The molecule has 2 amide bonds. The van der Waals surface area contributed by atoms with E-state index in [4.69, 9.17) is 10.5 Å². The molecule has 0 aliphatic carbocycles. The molecule has 3 N–H and O–H groups in total. The first-order valence-corrected chi connectivity index (χ1v) is 7.64. The smallest absolute Gasteiger partial charge is 0.241 e. The Morgan fingerprint density at radius 2 is 2.00 bits per heavy atom. The fourth-order valence-corrected chi connectivity index (χ4v) is 2.59. The molecule has 0 bridgehead atoms. The molecular weight excluding hydrogens is 282 g/mol. The second-order valence-electron chi connectivity index (χ2n) is 5.34. The molecule has 0 unspecified atom stereocenters. The molecule has 0 spiro atoms. The van der Waals surface area contributed by atoms with Crippen LogP contribution >= 0.6 is 0 Å². The lowest BCUT2D eigenvalue weighted by atomic mass is 9.96. The van der Waals surface area contributed by atoms with Crippen LogP contribution < -0.4 is 15.8 Å². The molecule has 1 saturated heterocycles. The summed E-state index contributed by atoms with van der Waals surface area (Å²) in [6.45, 7) is 3.88. The number of rotatable bonds is 6. The fourth-order valence-electron chi connectivity index (χ4n) is 2.59. The summed E-state index contributed by atoms with van der Waals surface area (Å²) >= 11 is 0. The highest BCUT2D eigenvalue weighted by Gasteiger charge is 2.25. The first-order chi connectivity index (χ1) is 10.6. The first kappa shape index (κ1) is 16.1. The van der Waals surface area contributed by atoms with Gasteiger partial charge in [-0.25, -0.2) is 0 Å². The van der Waals surface area contributed by atoms with Crippen molar-refractivity contribution in [3.8, 4) is 5.75 Å². The van der Waals surface area contributed by atoms with E-state index >= 15 is 0 Å². The van der Waals surface area contributed by atoms with Gasteiger partial charge < -0.3 is 20.7 Å². The molecule has 1 aromatic rings. The van der Waals surface area contributed by atoms with Crippen LogP contribution in [0.5, 0.6) is 5.75 Å². The van der Waals surface area contributed by atoms with E-state index < -0.39 is 0 Å². The predicted octanol–water partition coefficient (Wildman–Crippen LogP) is 1.22. The van der Waals surface area contributed by atoms with Gasteiger partial charge in [0.1, 0.15) is 5.75 Å². The minimum atomic E-state index is -0.268. The van der Waals surface area contributed by atoms with Crippen molar-refractivity contribution in [1.82, 2.24) is 4.90 Å². The number of anilines is 1. The summed E-state index contributed by atoms with van der Waals surface area (Å²) in [5.74, 6) is 0.394. The third-order valence-electron chi connectivity index (χ3n) is 3.87. The molecule has 0 aromatic heterocycles. The third-order valence-corrected chi connectivity index (χ3v) is 3.87. The number of piperidine rings is 1. The lowest BCUT2D eigenvalue weighted by Crippen LogP contribution is -2.43. The largest absolute Gasteiger partial charge is 0.492 e. The van der Waals surface area contributed by atoms with Gasteiger partial charge in [-0.3, -0.25) is 9.59 Å². The Kier molecular flexibility index (Phi) is 5.63. The van der Waals surface area contributed by atoms with Crippen LogP contribution in [0.4, 0.5) is 5.69 Å². The van der Waals surface area contributed by atoms with Gasteiger partial charge in [-0.2, -0.15) is 0 Å². The molecule has 1 fully saturated rings. The van der Waals surface area contributed by atoms with Crippen LogP contribution in [-0.4, -0.2) is 43.0 Å². The molecule has 2 rings (SSSR count). The Balaban J connectivity index is 1.85. The number of nitrogens with two attached hydrogens (primary N) is 1. The van der Waals surface area contributed by atoms with E-state index in [0.29, 0.717) is 32.5 Å². The van der Waals surface area contributed by atoms with Crippen molar-refractivity contribution in [3.63, 3.8) is 0 Å². The number of carbonyl (C=O) groups is 2. The summed E-state index contributed by atoms with van der Waals surface area (Å²) in [6, 6.07) is 7.55. The van der Waals surface area contributed by atoms with Crippen molar-refractivity contribution < 1.29 is 14.3 Å². The summed E-state index contributed by atoms with van der Waals surface area (Å²) < 4.78 is 5.52. The van der Waals surface area contributed by atoms with E-state index in [9.17, 15) is 9.59 Å². The number of para-hydroxylation sites is 2. The molecule has 22 heavy (non-hydrogen) atoms. The van der Waals surface area contributed by atoms with Crippen LogP contribution in [0.25, 0.3) is 0 Å². The maximum atomic E-state index is 12.2. The molecule has 1 aromatic carbocycles. The van der Waals surface area contributed by atoms with Crippen molar-refractivity contribution >= 4 is 17.5 Å². The second-order valence-corrected chi connectivity index (χ2v) is 5.34. The first-order valence-electron chi connectivity index (χ1n) is 7.64. The van der Waals surface area contributed by atoms with Gasteiger partial charge in [0.2, 0.25) is 11.8 Å². The Bertz CT molecular complexity index is 525. The van der Waals surface area contributed by atoms with Crippen LogP contribution in [0.15, 0.2) is 24.3 Å². The number of likely N-dealkylation sites (tertiary alicyclic amines) is 1. The molecule has 1 aliphatic rings. The predicted molar refractivity (Wildman–Crippen MR) is 84.6 cm³/mol. The van der Waals surface area contributed by atoms with Crippen LogP contribution in [-0.2, 0) is 9.59 Å². The zero-order valence-corrected chi connectivity index (χ0v) is 12.9. The molecule has 6 nitrogen and oxygen atoms in total. The number of nitrogens with zero attached hydrogens (tertiary/aromatic N) is 1. The maximum absolute atomic E-state index is 12.2. The Hall–Kier alpha value is -2.24. The van der Waals surface area contributed by atoms with Crippen molar-refractivity contribution in [1.29, 1.82) is 0 Å². The highest BCUT2D eigenvalue weighted by molar-refractivity contribution is 5.82. The molecule has 0 saturated carbocycles. The molecule has 0 radical (unpaired) electrons. The van der Waals surface area contributed by atoms with E-state index in [2.05, 4.69) is 5.32 Å². The summed E-state index contributed by atoms with van der Waals surface area (Å²) in [6.07, 6.45) is 1.30. The zero-order chi connectivity index (χ0) is 15.9. The minimum Gasteiger partial charge on any atom is -0.492 e. The quantitative estimate of drug-likeness (QED) is 0.827. The zero-order valence-electron chi connectivity index (χ0n) is 12.9. The van der Waals surface area contributed by atoms with Crippen LogP contribution in [0.1, 0.15) is 19.8 Å². The van der Waals surface area contributed by atoms with Gasteiger partial charge in [0, 0.05) is 19.0 Å². The number of ether oxygens (including phenoxy) is 1. The lowest BCUT2D eigenvalue weighted by Gasteiger charge is -2.30. The van der Waals surface area contributed by atoms with E-state index in [1.165, 1.54) is 0 Å². The van der Waals surface area contributed by atoms with E-state index in [1.54, 1.807) is 4.90 Å². The van der Waals surface area contributed by atoms with Crippen molar-refractivity contribution in [2.75, 3.05) is 31.6 Å². The molecule has 0 atom stereocenters. The molecule has 120 valence electrons. The molecule has 1 aliphatic heterocycles. The third kappa shape index (κ3) is 4.13. The van der Waals surface area contributed by atoms with Gasteiger partial charge in [0.05, 0.1) is 18.8 Å².